The Kier molecular flexibility index (Phi) is 5.05. The number of hydrogen-bond donors (Lipinski definition) is 2. The molecule has 1 unspecified atom stereocenters. The first-order chi connectivity index (χ1) is 9.16. The van der Waals surface area contributed by atoms with Crippen molar-refractivity contribution >= 4 is 11.4 Å². The zero-order valence-corrected chi connectivity index (χ0v) is 11.9. The zero-order chi connectivity index (χ0) is 13.7. The molecule has 0 spiro atoms. The van der Waals surface area contributed by atoms with E-state index in [4.69, 9.17) is 10.5 Å². The molecule has 1 aliphatic heterocycles. The lowest BCUT2D eigenvalue weighted by molar-refractivity contribution is 0.122. The fraction of sp³-hybridized carbons (Fsp3) is 0.600. The maximum atomic E-state index is 6.03. The van der Waals surface area contributed by atoms with Gasteiger partial charge in [0, 0.05) is 37.1 Å². The molecule has 1 saturated heterocycles. The molecule has 4 nitrogen and oxygen atoms in total. The average molecular weight is 263 g/mol. The Hall–Kier alpha value is -1.26. The molecule has 4 heteroatoms. The Bertz CT molecular complexity index is 371. The van der Waals surface area contributed by atoms with Crippen molar-refractivity contribution in [2.24, 2.45) is 11.7 Å². The highest BCUT2D eigenvalue weighted by Gasteiger charge is 2.11. The number of nitrogens with zero attached hydrogens (tertiary/aromatic N) is 1. The Balaban J connectivity index is 1.87. The first-order valence-corrected chi connectivity index (χ1v) is 7.09. The smallest absolute Gasteiger partial charge is 0.0642 e. The second kappa shape index (κ2) is 6.78. The van der Waals surface area contributed by atoms with E-state index in [0.29, 0.717) is 5.92 Å². The van der Waals surface area contributed by atoms with Crippen LogP contribution in [0.15, 0.2) is 24.3 Å². The van der Waals surface area contributed by atoms with Gasteiger partial charge in [0.2, 0.25) is 0 Å². The van der Waals surface area contributed by atoms with Crippen LogP contribution in [0.2, 0.25) is 0 Å². The van der Waals surface area contributed by atoms with E-state index in [-0.39, 0.29) is 6.04 Å². The van der Waals surface area contributed by atoms with Gasteiger partial charge in [-0.2, -0.15) is 0 Å². The number of nitrogens with one attached hydrogen (secondary N) is 1. The van der Waals surface area contributed by atoms with E-state index in [2.05, 4.69) is 48.3 Å². The third kappa shape index (κ3) is 4.11. The van der Waals surface area contributed by atoms with E-state index in [1.54, 1.807) is 0 Å². The number of ether oxygens (including phenoxy) is 1. The van der Waals surface area contributed by atoms with Crippen molar-refractivity contribution in [2.75, 3.05) is 43.1 Å². The molecule has 3 N–H and O–H groups in total. The van der Waals surface area contributed by atoms with Gasteiger partial charge in [-0.15, -0.1) is 0 Å². The Morgan fingerprint density at radius 1 is 1.21 bits per heavy atom. The Morgan fingerprint density at radius 3 is 2.42 bits per heavy atom. The van der Waals surface area contributed by atoms with E-state index in [1.165, 1.54) is 5.69 Å². The van der Waals surface area contributed by atoms with Crippen molar-refractivity contribution in [1.29, 1.82) is 0 Å². The second-order valence-electron chi connectivity index (χ2n) is 5.44. The molecule has 1 atom stereocenters. The lowest BCUT2D eigenvalue weighted by atomic mass is 10.1. The molecule has 1 aromatic carbocycles. The highest BCUT2D eigenvalue weighted by molar-refractivity contribution is 5.55. The number of morpholine rings is 1. The third-order valence-electron chi connectivity index (χ3n) is 3.64. The summed E-state index contributed by atoms with van der Waals surface area (Å²) in [5.74, 6) is 0.500. The van der Waals surface area contributed by atoms with Crippen LogP contribution in [0.1, 0.15) is 13.8 Å². The summed E-state index contributed by atoms with van der Waals surface area (Å²) >= 11 is 0. The van der Waals surface area contributed by atoms with Gasteiger partial charge < -0.3 is 20.7 Å². The Labute approximate surface area is 115 Å². The average Bonchev–Trinajstić information content (AvgIpc) is 2.46. The van der Waals surface area contributed by atoms with Crippen LogP contribution in [0, 0.1) is 5.92 Å². The van der Waals surface area contributed by atoms with Crippen molar-refractivity contribution in [1.82, 2.24) is 0 Å². The normalized spacial score (nSPS) is 17.6. The summed E-state index contributed by atoms with van der Waals surface area (Å²) in [5.41, 5.74) is 8.42. The summed E-state index contributed by atoms with van der Waals surface area (Å²) in [6.07, 6.45) is 0. The zero-order valence-electron chi connectivity index (χ0n) is 11.9. The molecule has 1 heterocycles. The molecular weight excluding hydrogens is 238 g/mol. The highest BCUT2D eigenvalue weighted by atomic mass is 16.5. The van der Waals surface area contributed by atoms with Crippen LogP contribution in [-0.2, 0) is 4.74 Å². The van der Waals surface area contributed by atoms with Crippen molar-refractivity contribution in [2.45, 2.75) is 19.9 Å². The van der Waals surface area contributed by atoms with E-state index < -0.39 is 0 Å². The lowest BCUT2D eigenvalue weighted by Crippen LogP contribution is -2.36. The van der Waals surface area contributed by atoms with Crippen molar-refractivity contribution in [3.05, 3.63) is 24.3 Å². The highest BCUT2D eigenvalue weighted by Crippen LogP contribution is 2.19. The third-order valence-corrected chi connectivity index (χ3v) is 3.64. The summed E-state index contributed by atoms with van der Waals surface area (Å²) in [4.78, 5) is 2.35. The van der Waals surface area contributed by atoms with E-state index >= 15 is 0 Å². The van der Waals surface area contributed by atoms with E-state index in [9.17, 15) is 0 Å². The quantitative estimate of drug-likeness (QED) is 0.852. The molecule has 0 radical (unpaired) electrons. The predicted octanol–water partition coefficient (Wildman–Crippen LogP) is 1.92. The van der Waals surface area contributed by atoms with Crippen LogP contribution in [0.25, 0.3) is 0 Å². The van der Waals surface area contributed by atoms with Crippen LogP contribution < -0.4 is 16.0 Å². The summed E-state index contributed by atoms with van der Waals surface area (Å²) < 4.78 is 5.36. The lowest BCUT2D eigenvalue weighted by Gasteiger charge is -2.29. The fourth-order valence-electron chi connectivity index (χ4n) is 2.08. The molecule has 1 aromatic rings. The molecule has 0 bridgehead atoms. The number of rotatable bonds is 5. The molecular formula is C15H25N3O. The van der Waals surface area contributed by atoms with Gasteiger partial charge in [0.1, 0.15) is 0 Å². The molecule has 1 fully saturated rings. The molecule has 19 heavy (non-hydrogen) atoms. The van der Waals surface area contributed by atoms with Gasteiger partial charge in [0.15, 0.2) is 0 Å². The van der Waals surface area contributed by atoms with Gasteiger partial charge in [-0.05, 0) is 30.2 Å². The molecule has 0 saturated carbocycles. The molecule has 2 rings (SSSR count). The summed E-state index contributed by atoms with van der Waals surface area (Å²) in [6, 6.07) is 8.76. The SMILES string of the molecule is CC(C)C(N)CNc1ccc(N2CCOCC2)cc1. The number of anilines is 2. The maximum Gasteiger partial charge on any atom is 0.0642 e. The van der Waals surface area contributed by atoms with Gasteiger partial charge >= 0.3 is 0 Å². The van der Waals surface area contributed by atoms with E-state index in [0.717, 1.165) is 38.5 Å². The second-order valence-corrected chi connectivity index (χ2v) is 5.44. The van der Waals surface area contributed by atoms with Gasteiger partial charge in [-0.3, -0.25) is 0 Å². The monoisotopic (exact) mass is 263 g/mol. The van der Waals surface area contributed by atoms with Gasteiger partial charge in [0.05, 0.1) is 13.2 Å². The molecule has 0 aliphatic carbocycles. The van der Waals surface area contributed by atoms with Crippen LogP contribution in [0.4, 0.5) is 11.4 Å². The van der Waals surface area contributed by atoms with E-state index in [1.807, 2.05) is 0 Å². The summed E-state index contributed by atoms with van der Waals surface area (Å²) in [7, 11) is 0. The van der Waals surface area contributed by atoms with Gasteiger partial charge in [-0.25, -0.2) is 0 Å². The van der Waals surface area contributed by atoms with Crippen LogP contribution >= 0.6 is 0 Å². The number of benzene rings is 1. The molecule has 106 valence electrons. The minimum absolute atomic E-state index is 0.193. The maximum absolute atomic E-state index is 6.03. The van der Waals surface area contributed by atoms with Crippen molar-refractivity contribution in [3.63, 3.8) is 0 Å². The predicted molar refractivity (Wildman–Crippen MR) is 80.8 cm³/mol. The largest absolute Gasteiger partial charge is 0.383 e. The minimum atomic E-state index is 0.193. The van der Waals surface area contributed by atoms with Crippen molar-refractivity contribution < 1.29 is 4.74 Å². The number of hydrogen-bond acceptors (Lipinski definition) is 4. The Morgan fingerprint density at radius 2 is 1.84 bits per heavy atom. The summed E-state index contributed by atoms with van der Waals surface area (Å²) in [6.45, 7) is 8.71. The first kappa shape index (κ1) is 14.2. The standard InChI is InChI=1S/C15H25N3O/c1-12(2)15(16)11-17-13-3-5-14(6-4-13)18-7-9-19-10-8-18/h3-6,12,15,17H,7-11,16H2,1-2H3. The minimum Gasteiger partial charge on any atom is -0.383 e. The van der Waals surface area contributed by atoms with Crippen molar-refractivity contribution in [3.8, 4) is 0 Å². The van der Waals surface area contributed by atoms with Gasteiger partial charge in [0.25, 0.3) is 0 Å². The first-order valence-electron chi connectivity index (χ1n) is 7.09. The topological polar surface area (TPSA) is 50.5 Å². The molecule has 0 amide bonds. The van der Waals surface area contributed by atoms with Crippen LogP contribution in [0.5, 0.6) is 0 Å². The van der Waals surface area contributed by atoms with Crippen LogP contribution in [-0.4, -0.2) is 38.9 Å². The van der Waals surface area contributed by atoms with Crippen LogP contribution in [0.3, 0.4) is 0 Å². The van der Waals surface area contributed by atoms with Gasteiger partial charge in [-0.1, -0.05) is 13.8 Å². The molecule has 1 aliphatic rings. The number of nitrogens with two attached hydrogens (primary N) is 1. The fourth-order valence-corrected chi connectivity index (χ4v) is 2.08. The molecule has 0 aromatic heterocycles. The summed E-state index contributed by atoms with van der Waals surface area (Å²) in [5, 5.41) is 3.39.